The third-order valence-electron chi connectivity index (χ3n) is 4.42. The lowest BCUT2D eigenvalue weighted by Crippen LogP contribution is -2.45. The van der Waals surface area contributed by atoms with Gasteiger partial charge in [-0.3, -0.25) is 10.1 Å². The van der Waals surface area contributed by atoms with Crippen molar-refractivity contribution in [2.75, 3.05) is 6.54 Å². The van der Waals surface area contributed by atoms with Crippen LogP contribution < -0.4 is 10.6 Å². The maximum atomic E-state index is 12.4. The summed E-state index contributed by atoms with van der Waals surface area (Å²) in [4.78, 5) is 17.0. The normalized spacial score (nSPS) is 11.9. The van der Waals surface area contributed by atoms with E-state index in [-0.39, 0.29) is 12.1 Å². The molecule has 0 saturated carbocycles. The standard InChI is InChI=1S/C21H36N4O/c1-5-9-11-13-18-19(14-12-10-6-2)25(17-23-18)16-21(26)24-20(8-4)22-15-7-3/h7-8,17,20,22H,3-6,9-16H2,1-2H3,(H,24,26). The van der Waals surface area contributed by atoms with Crippen molar-refractivity contribution in [1.82, 2.24) is 20.2 Å². The molecule has 1 rings (SSSR count). The number of amides is 1. The Morgan fingerprint density at radius 1 is 1.19 bits per heavy atom. The van der Waals surface area contributed by atoms with Gasteiger partial charge in [0.25, 0.3) is 0 Å². The number of nitrogens with one attached hydrogen (secondary N) is 2. The molecule has 0 aliphatic carbocycles. The van der Waals surface area contributed by atoms with Crippen LogP contribution in [0.15, 0.2) is 31.6 Å². The predicted octanol–water partition coefficient (Wildman–Crippen LogP) is 3.75. The highest BCUT2D eigenvalue weighted by molar-refractivity contribution is 5.76. The summed E-state index contributed by atoms with van der Waals surface area (Å²) >= 11 is 0. The molecule has 2 N–H and O–H groups in total. The van der Waals surface area contributed by atoms with E-state index in [0.29, 0.717) is 13.1 Å². The molecule has 0 bridgehead atoms. The first-order valence-corrected chi connectivity index (χ1v) is 9.95. The number of rotatable bonds is 15. The van der Waals surface area contributed by atoms with Gasteiger partial charge in [0, 0.05) is 12.2 Å². The highest BCUT2D eigenvalue weighted by atomic mass is 16.2. The maximum Gasteiger partial charge on any atom is 0.241 e. The van der Waals surface area contributed by atoms with Gasteiger partial charge < -0.3 is 9.88 Å². The molecule has 0 aliphatic rings. The molecule has 26 heavy (non-hydrogen) atoms. The van der Waals surface area contributed by atoms with E-state index in [2.05, 4.69) is 42.6 Å². The smallest absolute Gasteiger partial charge is 0.241 e. The lowest BCUT2D eigenvalue weighted by atomic mass is 10.1. The second-order valence-corrected chi connectivity index (χ2v) is 6.66. The van der Waals surface area contributed by atoms with Crippen molar-refractivity contribution in [2.24, 2.45) is 0 Å². The summed E-state index contributed by atoms with van der Waals surface area (Å²) < 4.78 is 2.01. The molecule has 0 saturated heterocycles. The van der Waals surface area contributed by atoms with Gasteiger partial charge in [-0.25, -0.2) is 4.98 Å². The predicted molar refractivity (Wildman–Crippen MR) is 109 cm³/mol. The zero-order chi connectivity index (χ0) is 19.2. The molecular weight excluding hydrogens is 324 g/mol. The van der Waals surface area contributed by atoms with E-state index in [4.69, 9.17) is 0 Å². The zero-order valence-electron chi connectivity index (χ0n) is 16.6. The van der Waals surface area contributed by atoms with Crippen molar-refractivity contribution in [1.29, 1.82) is 0 Å². The number of hydrogen-bond acceptors (Lipinski definition) is 3. The van der Waals surface area contributed by atoms with E-state index in [1.807, 2.05) is 10.9 Å². The van der Waals surface area contributed by atoms with E-state index in [9.17, 15) is 4.79 Å². The first-order chi connectivity index (χ1) is 12.7. The highest BCUT2D eigenvalue weighted by Crippen LogP contribution is 2.15. The fourth-order valence-corrected chi connectivity index (χ4v) is 2.94. The summed E-state index contributed by atoms with van der Waals surface area (Å²) in [6.07, 6.45) is 14.1. The van der Waals surface area contributed by atoms with Crippen molar-refractivity contribution in [3.63, 3.8) is 0 Å². The van der Waals surface area contributed by atoms with Crippen molar-refractivity contribution in [2.45, 2.75) is 77.9 Å². The first-order valence-electron chi connectivity index (χ1n) is 9.95. The Morgan fingerprint density at radius 3 is 2.50 bits per heavy atom. The summed E-state index contributed by atoms with van der Waals surface area (Å²) in [6, 6.07) is 0. The number of nitrogens with zero attached hydrogens (tertiary/aromatic N) is 2. The van der Waals surface area contributed by atoms with Gasteiger partial charge in [-0.2, -0.15) is 0 Å². The third-order valence-corrected chi connectivity index (χ3v) is 4.42. The van der Waals surface area contributed by atoms with E-state index in [0.717, 1.165) is 31.4 Å². The Hall–Kier alpha value is -1.88. The molecule has 1 unspecified atom stereocenters. The van der Waals surface area contributed by atoms with E-state index in [1.54, 1.807) is 12.2 Å². The van der Waals surface area contributed by atoms with Crippen molar-refractivity contribution in [3.05, 3.63) is 43.0 Å². The largest absolute Gasteiger partial charge is 0.336 e. The molecule has 1 atom stereocenters. The Labute approximate surface area is 159 Å². The second-order valence-electron chi connectivity index (χ2n) is 6.66. The molecule has 0 radical (unpaired) electrons. The van der Waals surface area contributed by atoms with E-state index >= 15 is 0 Å². The van der Waals surface area contributed by atoms with Crippen LogP contribution in [0.3, 0.4) is 0 Å². The summed E-state index contributed by atoms with van der Waals surface area (Å²) in [5, 5.41) is 6.08. The van der Waals surface area contributed by atoms with Gasteiger partial charge in [-0.05, 0) is 25.7 Å². The van der Waals surface area contributed by atoms with Gasteiger partial charge >= 0.3 is 0 Å². The minimum absolute atomic E-state index is 0.0410. The quantitative estimate of drug-likeness (QED) is 0.284. The average molecular weight is 361 g/mol. The summed E-state index contributed by atoms with van der Waals surface area (Å²) in [5.41, 5.74) is 2.38. The van der Waals surface area contributed by atoms with E-state index < -0.39 is 0 Å². The average Bonchev–Trinajstić information content (AvgIpc) is 3.00. The summed E-state index contributed by atoms with van der Waals surface area (Å²) in [7, 11) is 0. The monoisotopic (exact) mass is 360 g/mol. The minimum atomic E-state index is -0.253. The Balaban J connectivity index is 2.73. The van der Waals surface area contributed by atoms with Gasteiger partial charge in [0.1, 0.15) is 6.54 Å². The van der Waals surface area contributed by atoms with Crippen molar-refractivity contribution in [3.8, 4) is 0 Å². The number of hydrogen-bond donors (Lipinski definition) is 2. The topological polar surface area (TPSA) is 58.9 Å². The first kappa shape index (κ1) is 22.2. The molecule has 1 amide bonds. The molecule has 1 aromatic rings. The maximum absolute atomic E-state index is 12.4. The van der Waals surface area contributed by atoms with Crippen LogP contribution >= 0.6 is 0 Å². The Bertz CT molecular complexity index is 550. The molecule has 0 fully saturated rings. The Kier molecular flexibility index (Phi) is 11.4. The van der Waals surface area contributed by atoms with Crippen molar-refractivity contribution >= 4 is 5.91 Å². The molecule has 5 heteroatoms. The molecule has 0 aromatic carbocycles. The SMILES string of the molecule is C=CCNC(C=C)NC(=O)Cn1cnc(CCCCC)c1CCCCC. The molecule has 0 spiro atoms. The fraction of sp³-hybridized carbons (Fsp3) is 0.619. The number of aryl methyl sites for hydroxylation is 1. The molecule has 1 heterocycles. The van der Waals surface area contributed by atoms with Gasteiger partial charge in [0.15, 0.2) is 0 Å². The highest BCUT2D eigenvalue weighted by Gasteiger charge is 2.14. The van der Waals surface area contributed by atoms with Gasteiger partial charge in [-0.15, -0.1) is 6.58 Å². The van der Waals surface area contributed by atoms with Crippen LogP contribution in [0.25, 0.3) is 0 Å². The van der Waals surface area contributed by atoms with Crippen LogP contribution in [-0.2, 0) is 24.2 Å². The molecule has 5 nitrogen and oxygen atoms in total. The number of imidazole rings is 1. The number of carbonyl (C=O) groups is 1. The minimum Gasteiger partial charge on any atom is -0.336 e. The van der Waals surface area contributed by atoms with E-state index in [1.165, 1.54) is 31.4 Å². The lowest BCUT2D eigenvalue weighted by molar-refractivity contribution is -0.122. The molecule has 0 aliphatic heterocycles. The van der Waals surface area contributed by atoms with Crippen LogP contribution in [0, 0.1) is 0 Å². The number of aromatic nitrogens is 2. The third kappa shape index (κ3) is 8.00. The fourth-order valence-electron chi connectivity index (χ4n) is 2.94. The Morgan fingerprint density at radius 2 is 1.88 bits per heavy atom. The summed E-state index contributed by atoms with van der Waals surface area (Å²) in [6.45, 7) is 12.8. The second kappa shape index (κ2) is 13.3. The van der Waals surface area contributed by atoms with Gasteiger partial charge in [-0.1, -0.05) is 58.3 Å². The molecular formula is C21H36N4O. The lowest BCUT2D eigenvalue weighted by Gasteiger charge is -2.16. The number of unbranched alkanes of at least 4 members (excludes halogenated alkanes) is 4. The molecule has 146 valence electrons. The van der Waals surface area contributed by atoms with Gasteiger partial charge in [0.2, 0.25) is 5.91 Å². The zero-order valence-corrected chi connectivity index (χ0v) is 16.6. The molecule has 1 aromatic heterocycles. The van der Waals surface area contributed by atoms with Crippen LogP contribution in [0.1, 0.15) is 63.8 Å². The van der Waals surface area contributed by atoms with Crippen LogP contribution in [0.2, 0.25) is 0 Å². The van der Waals surface area contributed by atoms with Crippen LogP contribution in [0.4, 0.5) is 0 Å². The number of carbonyl (C=O) groups excluding carboxylic acids is 1. The van der Waals surface area contributed by atoms with Crippen molar-refractivity contribution < 1.29 is 4.79 Å². The summed E-state index contributed by atoms with van der Waals surface area (Å²) in [5.74, 6) is -0.0410. The van der Waals surface area contributed by atoms with Crippen LogP contribution in [0.5, 0.6) is 0 Å². The van der Waals surface area contributed by atoms with Crippen LogP contribution in [-0.4, -0.2) is 28.2 Å². The van der Waals surface area contributed by atoms with Gasteiger partial charge in [0.05, 0.1) is 18.2 Å².